The van der Waals surface area contributed by atoms with Gasteiger partial charge in [0.05, 0.1) is 5.92 Å². The molecule has 2 aromatic rings. The molecule has 0 unspecified atom stereocenters. The molecule has 0 radical (unpaired) electrons. The number of piperidine rings is 1. The molecule has 6 heteroatoms. The topological polar surface area (TPSA) is 68.4 Å². The lowest BCUT2D eigenvalue weighted by atomic mass is 9.96. The molecule has 170 valence electrons. The third-order valence-corrected chi connectivity index (χ3v) is 8.10. The van der Waals surface area contributed by atoms with Gasteiger partial charge in [0.1, 0.15) is 0 Å². The summed E-state index contributed by atoms with van der Waals surface area (Å²) < 4.78 is 0. The fourth-order valence-electron chi connectivity index (χ4n) is 6.05. The normalized spacial score (nSPS) is 24.6. The first-order valence-electron chi connectivity index (χ1n) is 12.6. The molecule has 6 nitrogen and oxygen atoms in total. The zero-order valence-corrected chi connectivity index (χ0v) is 18.9. The summed E-state index contributed by atoms with van der Waals surface area (Å²) >= 11 is 0. The number of nitrogens with one attached hydrogen (secondary N) is 2. The Balaban J connectivity index is 1.21. The van der Waals surface area contributed by atoms with Gasteiger partial charge >= 0.3 is 0 Å². The molecule has 1 atom stereocenters. The van der Waals surface area contributed by atoms with E-state index in [0.717, 1.165) is 68.9 Å². The molecule has 4 aliphatic rings. The highest BCUT2D eigenvalue weighted by molar-refractivity contribution is 5.99. The van der Waals surface area contributed by atoms with Crippen molar-refractivity contribution in [1.82, 2.24) is 20.1 Å². The zero-order chi connectivity index (χ0) is 21.7. The highest BCUT2D eigenvalue weighted by Gasteiger charge is 2.33. The van der Waals surface area contributed by atoms with E-state index in [9.17, 15) is 9.59 Å². The van der Waals surface area contributed by atoms with Crippen molar-refractivity contribution >= 4 is 22.7 Å². The standard InChI is InChI=1S/C26H34N4O2/c31-25(27-19-8-9-19)18-4-3-12-30(15-18)26(32)17-7-10-23-21(14-17)22-16-29(13-11-24(22)28-23)20-5-1-2-6-20/h7,10,14,18-20,28H,1-6,8-9,11-13,15-16H2,(H,27,31)/t18-/m0/s1. The number of aromatic nitrogens is 1. The van der Waals surface area contributed by atoms with Crippen LogP contribution in [0.5, 0.6) is 0 Å². The number of hydrogen-bond donors (Lipinski definition) is 2. The summed E-state index contributed by atoms with van der Waals surface area (Å²) in [4.78, 5) is 34.1. The number of likely N-dealkylation sites (tertiary alicyclic amines) is 1. The van der Waals surface area contributed by atoms with Crippen LogP contribution in [-0.2, 0) is 17.8 Å². The maximum Gasteiger partial charge on any atom is 0.253 e. The van der Waals surface area contributed by atoms with Crippen molar-refractivity contribution in [2.24, 2.45) is 5.92 Å². The van der Waals surface area contributed by atoms with E-state index in [4.69, 9.17) is 0 Å². The fourth-order valence-corrected chi connectivity index (χ4v) is 6.05. The lowest BCUT2D eigenvalue weighted by Gasteiger charge is -2.32. The minimum absolute atomic E-state index is 0.0641. The molecule has 1 aromatic heterocycles. The SMILES string of the molecule is O=C(NC1CC1)[C@H]1CCCN(C(=O)c2ccc3[nH]c4c(c3c2)CN(C2CCCC2)CC4)C1. The van der Waals surface area contributed by atoms with Gasteiger partial charge in [0.25, 0.3) is 5.91 Å². The Morgan fingerprint density at radius 2 is 1.84 bits per heavy atom. The maximum absolute atomic E-state index is 13.4. The molecule has 2 N–H and O–H groups in total. The summed E-state index contributed by atoms with van der Waals surface area (Å²) in [6, 6.07) is 7.22. The van der Waals surface area contributed by atoms with Crippen LogP contribution in [0, 0.1) is 5.92 Å². The largest absolute Gasteiger partial charge is 0.358 e. The average Bonchev–Trinajstić information content (AvgIpc) is 3.33. The molecular weight excluding hydrogens is 400 g/mol. The van der Waals surface area contributed by atoms with Crippen molar-refractivity contribution in [3.05, 3.63) is 35.0 Å². The Hall–Kier alpha value is -2.34. The molecule has 2 aliphatic heterocycles. The predicted octanol–water partition coefficient (Wildman–Crippen LogP) is 3.60. The van der Waals surface area contributed by atoms with Gasteiger partial charge in [-0.3, -0.25) is 14.5 Å². The number of H-pyrrole nitrogens is 1. The van der Waals surface area contributed by atoms with Gasteiger partial charge in [-0.1, -0.05) is 12.8 Å². The van der Waals surface area contributed by atoms with Crippen LogP contribution in [0.1, 0.15) is 73.0 Å². The number of aromatic amines is 1. The number of benzene rings is 1. The monoisotopic (exact) mass is 434 g/mol. The van der Waals surface area contributed by atoms with E-state index in [0.29, 0.717) is 12.6 Å². The highest BCUT2D eigenvalue weighted by Crippen LogP contribution is 2.33. The molecule has 32 heavy (non-hydrogen) atoms. The highest BCUT2D eigenvalue weighted by atomic mass is 16.2. The van der Waals surface area contributed by atoms with Gasteiger partial charge in [0, 0.05) is 66.8 Å². The number of carbonyl (C=O) groups is 2. The third kappa shape index (κ3) is 3.83. The predicted molar refractivity (Wildman–Crippen MR) is 124 cm³/mol. The summed E-state index contributed by atoms with van der Waals surface area (Å²) in [5.74, 6) is 0.124. The first kappa shape index (κ1) is 20.3. The molecule has 1 saturated heterocycles. The first-order chi connectivity index (χ1) is 15.7. The van der Waals surface area contributed by atoms with Crippen LogP contribution < -0.4 is 5.32 Å². The van der Waals surface area contributed by atoms with Crippen LogP contribution in [0.15, 0.2) is 18.2 Å². The lowest BCUT2D eigenvalue weighted by molar-refractivity contribution is -0.126. The van der Waals surface area contributed by atoms with Gasteiger partial charge in [-0.25, -0.2) is 0 Å². The Labute approximate surface area is 189 Å². The molecule has 3 heterocycles. The van der Waals surface area contributed by atoms with Crippen molar-refractivity contribution in [1.29, 1.82) is 0 Å². The molecule has 2 amide bonds. The van der Waals surface area contributed by atoms with Crippen molar-refractivity contribution < 1.29 is 9.59 Å². The van der Waals surface area contributed by atoms with Crippen molar-refractivity contribution in [2.75, 3.05) is 19.6 Å². The lowest BCUT2D eigenvalue weighted by Crippen LogP contribution is -2.45. The van der Waals surface area contributed by atoms with E-state index < -0.39 is 0 Å². The maximum atomic E-state index is 13.4. The van der Waals surface area contributed by atoms with Gasteiger partial charge in [-0.15, -0.1) is 0 Å². The Bertz CT molecular complexity index is 1030. The third-order valence-electron chi connectivity index (χ3n) is 8.10. The minimum Gasteiger partial charge on any atom is -0.358 e. The quantitative estimate of drug-likeness (QED) is 0.773. The van der Waals surface area contributed by atoms with Crippen molar-refractivity contribution in [3.8, 4) is 0 Å². The Morgan fingerprint density at radius 3 is 2.66 bits per heavy atom. The molecule has 6 rings (SSSR count). The molecular formula is C26H34N4O2. The molecule has 2 saturated carbocycles. The summed E-state index contributed by atoms with van der Waals surface area (Å²) in [6.45, 7) is 3.40. The fraction of sp³-hybridized carbons (Fsp3) is 0.615. The van der Waals surface area contributed by atoms with Crippen LogP contribution in [0.4, 0.5) is 0 Å². The van der Waals surface area contributed by atoms with E-state index in [2.05, 4.69) is 27.3 Å². The zero-order valence-electron chi connectivity index (χ0n) is 18.9. The van der Waals surface area contributed by atoms with Gasteiger partial charge < -0.3 is 15.2 Å². The number of hydrogen-bond acceptors (Lipinski definition) is 3. The molecule has 1 aromatic carbocycles. The number of carbonyl (C=O) groups excluding carboxylic acids is 2. The second-order valence-corrected chi connectivity index (χ2v) is 10.4. The van der Waals surface area contributed by atoms with Gasteiger partial charge in [0.2, 0.25) is 5.91 Å². The molecule has 3 fully saturated rings. The van der Waals surface area contributed by atoms with Gasteiger partial charge in [0.15, 0.2) is 0 Å². The number of nitrogens with zero attached hydrogens (tertiary/aromatic N) is 2. The minimum atomic E-state index is -0.0722. The first-order valence-corrected chi connectivity index (χ1v) is 12.6. The van der Waals surface area contributed by atoms with Gasteiger partial charge in [-0.05, 0) is 62.3 Å². The van der Waals surface area contributed by atoms with Crippen LogP contribution >= 0.6 is 0 Å². The van der Waals surface area contributed by atoms with Gasteiger partial charge in [-0.2, -0.15) is 0 Å². The number of fused-ring (bicyclic) bond motifs is 3. The number of amides is 2. The second kappa shape index (κ2) is 8.22. The number of rotatable bonds is 4. The van der Waals surface area contributed by atoms with E-state index in [1.54, 1.807) is 0 Å². The van der Waals surface area contributed by atoms with E-state index in [1.807, 2.05) is 11.0 Å². The smallest absolute Gasteiger partial charge is 0.253 e. The average molecular weight is 435 g/mol. The Kier molecular flexibility index (Phi) is 5.21. The van der Waals surface area contributed by atoms with Crippen LogP contribution in [-0.4, -0.2) is 58.3 Å². The van der Waals surface area contributed by atoms with Crippen LogP contribution in [0.3, 0.4) is 0 Å². The van der Waals surface area contributed by atoms with Crippen LogP contribution in [0.2, 0.25) is 0 Å². The Morgan fingerprint density at radius 1 is 1.00 bits per heavy atom. The summed E-state index contributed by atoms with van der Waals surface area (Å²) in [5, 5.41) is 4.32. The summed E-state index contributed by atoms with van der Waals surface area (Å²) in [6.07, 6.45) is 10.4. The van der Waals surface area contributed by atoms with E-state index in [1.165, 1.54) is 42.3 Å². The molecule has 0 spiro atoms. The summed E-state index contributed by atoms with van der Waals surface area (Å²) in [5.41, 5.74) is 4.61. The van der Waals surface area contributed by atoms with E-state index >= 15 is 0 Å². The second-order valence-electron chi connectivity index (χ2n) is 10.4. The van der Waals surface area contributed by atoms with E-state index in [-0.39, 0.29) is 17.7 Å². The van der Waals surface area contributed by atoms with Crippen LogP contribution in [0.25, 0.3) is 10.9 Å². The van der Waals surface area contributed by atoms with Crippen molar-refractivity contribution in [3.63, 3.8) is 0 Å². The van der Waals surface area contributed by atoms with Crippen molar-refractivity contribution in [2.45, 2.75) is 76.4 Å². The molecule has 2 aliphatic carbocycles. The molecule has 0 bridgehead atoms. The summed E-state index contributed by atoms with van der Waals surface area (Å²) in [7, 11) is 0.